The lowest BCUT2D eigenvalue weighted by molar-refractivity contribution is 0.174. The minimum atomic E-state index is 0.332. The first-order valence-electron chi connectivity index (χ1n) is 8.31. The van der Waals surface area contributed by atoms with Crippen molar-refractivity contribution in [2.24, 2.45) is 0 Å². The van der Waals surface area contributed by atoms with Crippen molar-refractivity contribution in [3.8, 4) is 0 Å². The monoisotopic (exact) mass is 302 g/mol. The van der Waals surface area contributed by atoms with Crippen LogP contribution in [0.15, 0.2) is 72.9 Å². The van der Waals surface area contributed by atoms with E-state index in [1.807, 2.05) is 0 Å². The molecule has 2 heteroatoms. The molecule has 1 atom stereocenters. The molecule has 0 fully saturated rings. The molecule has 0 bridgehead atoms. The smallest absolute Gasteiger partial charge is 0.0759 e. The molecule has 3 aromatic rings. The summed E-state index contributed by atoms with van der Waals surface area (Å²) in [5.41, 5.74) is 5.49. The minimum absolute atomic E-state index is 0.332. The number of rotatable bonds is 3. The zero-order valence-electron chi connectivity index (χ0n) is 13.5. The molecule has 2 nitrogen and oxygen atoms in total. The summed E-state index contributed by atoms with van der Waals surface area (Å²) in [5.74, 6) is 0. The van der Waals surface area contributed by atoms with Crippen LogP contribution in [0.2, 0.25) is 0 Å². The number of aryl methyl sites for hydroxylation is 1. The molecular formula is C21H22N2. The van der Waals surface area contributed by atoms with Gasteiger partial charge in [0.05, 0.1) is 6.04 Å². The molecule has 1 aliphatic rings. The summed E-state index contributed by atoms with van der Waals surface area (Å²) in [6, 6.07) is 24.5. The number of hydrogen-bond acceptors (Lipinski definition) is 1. The molecule has 0 saturated heterocycles. The Morgan fingerprint density at radius 3 is 2.61 bits per heavy atom. The highest BCUT2D eigenvalue weighted by atomic mass is 15.2. The van der Waals surface area contributed by atoms with Gasteiger partial charge in [0, 0.05) is 31.5 Å². The normalized spacial score (nSPS) is 17.9. The van der Waals surface area contributed by atoms with Gasteiger partial charge < -0.3 is 4.57 Å². The van der Waals surface area contributed by atoms with Gasteiger partial charge in [-0.15, -0.1) is 0 Å². The van der Waals surface area contributed by atoms with Gasteiger partial charge in [0.25, 0.3) is 0 Å². The van der Waals surface area contributed by atoms with Crippen LogP contribution in [0.3, 0.4) is 0 Å². The van der Waals surface area contributed by atoms with E-state index in [0.717, 1.165) is 19.6 Å². The fraction of sp³-hybridized carbons (Fsp3) is 0.238. The molecule has 1 aliphatic heterocycles. The van der Waals surface area contributed by atoms with Crippen LogP contribution < -0.4 is 0 Å². The van der Waals surface area contributed by atoms with Gasteiger partial charge >= 0.3 is 0 Å². The second kappa shape index (κ2) is 6.05. The van der Waals surface area contributed by atoms with Crippen LogP contribution in [0.1, 0.15) is 28.4 Å². The van der Waals surface area contributed by atoms with Gasteiger partial charge in [-0.05, 0) is 30.2 Å². The SMILES string of the molecule is Cc1cccc([C@@H]2c3cccn3CCN2Cc2ccccc2)c1. The standard InChI is InChI=1S/C21H22N2/c1-17-7-5-10-19(15-17)21-20-11-6-12-22(20)13-14-23(21)16-18-8-3-2-4-9-18/h2-12,15,21H,13-14,16H2,1H3/t21-/m1/s1. The molecule has 116 valence electrons. The van der Waals surface area contributed by atoms with Gasteiger partial charge in [-0.2, -0.15) is 0 Å². The summed E-state index contributed by atoms with van der Waals surface area (Å²) in [4.78, 5) is 2.60. The Kier molecular flexibility index (Phi) is 3.76. The van der Waals surface area contributed by atoms with Crippen LogP contribution in [0, 0.1) is 6.92 Å². The molecule has 0 unspecified atom stereocenters. The van der Waals surface area contributed by atoms with E-state index >= 15 is 0 Å². The van der Waals surface area contributed by atoms with Crippen molar-refractivity contribution in [2.75, 3.05) is 6.54 Å². The summed E-state index contributed by atoms with van der Waals surface area (Å²) in [5, 5.41) is 0. The zero-order chi connectivity index (χ0) is 15.6. The van der Waals surface area contributed by atoms with Gasteiger partial charge in [-0.3, -0.25) is 4.90 Å². The summed E-state index contributed by atoms with van der Waals surface area (Å²) >= 11 is 0. The third kappa shape index (κ3) is 2.82. The fourth-order valence-corrected chi connectivity index (χ4v) is 3.64. The van der Waals surface area contributed by atoms with Crippen molar-refractivity contribution >= 4 is 0 Å². The van der Waals surface area contributed by atoms with E-state index < -0.39 is 0 Å². The highest BCUT2D eigenvalue weighted by Gasteiger charge is 2.28. The third-order valence-corrected chi connectivity index (χ3v) is 4.72. The Morgan fingerprint density at radius 2 is 1.78 bits per heavy atom. The van der Waals surface area contributed by atoms with Gasteiger partial charge in [0.1, 0.15) is 0 Å². The lowest BCUT2D eigenvalue weighted by Gasteiger charge is -2.37. The first kappa shape index (κ1) is 14.3. The summed E-state index contributed by atoms with van der Waals surface area (Å²) < 4.78 is 2.40. The van der Waals surface area contributed by atoms with Crippen molar-refractivity contribution in [1.82, 2.24) is 9.47 Å². The lowest BCUT2D eigenvalue weighted by atomic mass is 9.97. The first-order valence-corrected chi connectivity index (χ1v) is 8.31. The Bertz CT molecular complexity index is 788. The van der Waals surface area contributed by atoms with Crippen LogP contribution in [-0.4, -0.2) is 16.0 Å². The van der Waals surface area contributed by atoms with Crippen LogP contribution >= 0.6 is 0 Å². The van der Waals surface area contributed by atoms with Crippen molar-refractivity contribution < 1.29 is 0 Å². The number of fused-ring (bicyclic) bond motifs is 1. The minimum Gasteiger partial charge on any atom is -0.348 e. The van der Waals surface area contributed by atoms with Gasteiger partial charge in [0.2, 0.25) is 0 Å². The number of benzene rings is 2. The van der Waals surface area contributed by atoms with Crippen molar-refractivity contribution in [2.45, 2.75) is 26.1 Å². The summed E-state index contributed by atoms with van der Waals surface area (Å²) in [7, 11) is 0. The maximum Gasteiger partial charge on any atom is 0.0759 e. The molecule has 0 radical (unpaired) electrons. The largest absolute Gasteiger partial charge is 0.348 e. The quantitative estimate of drug-likeness (QED) is 0.696. The van der Waals surface area contributed by atoms with Crippen molar-refractivity contribution in [3.63, 3.8) is 0 Å². The van der Waals surface area contributed by atoms with Gasteiger partial charge in [-0.1, -0.05) is 60.2 Å². The average molecular weight is 302 g/mol. The lowest BCUT2D eigenvalue weighted by Crippen LogP contribution is -2.37. The van der Waals surface area contributed by atoms with Crippen molar-refractivity contribution in [3.05, 3.63) is 95.3 Å². The molecule has 4 rings (SSSR count). The van der Waals surface area contributed by atoms with Crippen LogP contribution in [0.4, 0.5) is 0 Å². The predicted molar refractivity (Wildman–Crippen MR) is 94.3 cm³/mol. The number of nitrogens with zero attached hydrogens (tertiary/aromatic N) is 2. The Morgan fingerprint density at radius 1 is 0.913 bits per heavy atom. The van der Waals surface area contributed by atoms with Crippen LogP contribution in [0.25, 0.3) is 0 Å². The summed E-state index contributed by atoms with van der Waals surface area (Å²) in [6.07, 6.45) is 2.21. The molecular weight excluding hydrogens is 280 g/mol. The van der Waals surface area contributed by atoms with Crippen LogP contribution in [-0.2, 0) is 13.1 Å². The molecule has 0 saturated carbocycles. The summed E-state index contributed by atoms with van der Waals surface area (Å²) in [6.45, 7) is 5.31. The maximum atomic E-state index is 2.60. The molecule has 1 aromatic heterocycles. The average Bonchev–Trinajstić information content (AvgIpc) is 3.04. The highest BCUT2D eigenvalue weighted by molar-refractivity contribution is 5.33. The van der Waals surface area contributed by atoms with E-state index in [1.165, 1.54) is 22.4 Å². The fourth-order valence-electron chi connectivity index (χ4n) is 3.64. The van der Waals surface area contributed by atoms with E-state index in [1.54, 1.807) is 0 Å². The number of hydrogen-bond donors (Lipinski definition) is 0. The first-order chi connectivity index (χ1) is 11.3. The second-order valence-electron chi connectivity index (χ2n) is 6.40. The molecule has 0 spiro atoms. The van der Waals surface area contributed by atoms with E-state index in [9.17, 15) is 0 Å². The highest BCUT2D eigenvalue weighted by Crippen LogP contribution is 2.33. The van der Waals surface area contributed by atoms with Crippen LogP contribution in [0.5, 0.6) is 0 Å². The van der Waals surface area contributed by atoms with E-state index in [2.05, 4.69) is 89.3 Å². The zero-order valence-corrected chi connectivity index (χ0v) is 13.5. The molecule has 23 heavy (non-hydrogen) atoms. The number of aromatic nitrogens is 1. The van der Waals surface area contributed by atoms with Gasteiger partial charge in [-0.25, -0.2) is 0 Å². The van der Waals surface area contributed by atoms with Crippen molar-refractivity contribution in [1.29, 1.82) is 0 Å². The Hall–Kier alpha value is -2.32. The van der Waals surface area contributed by atoms with E-state index in [0.29, 0.717) is 6.04 Å². The van der Waals surface area contributed by atoms with E-state index in [-0.39, 0.29) is 0 Å². The molecule has 0 N–H and O–H groups in total. The Balaban J connectivity index is 1.73. The second-order valence-corrected chi connectivity index (χ2v) is 6.40. The third-order valence-electron chi connectivity index (χ3n) is 4.72. The Labute approximate surface area is 138 Å². The molecule has 0 aliphatic carbocycles. The molecule has 2 heterocycles. The maximum absolute atomic E-state index is 2.60. The van der Waals surface area contributed by atoms with E-state index in [4.69, 9.17) is 0 Å². The molecule has 0 amide bonds. The molecule has 2 aromatic carbocycles. The topological polar surface area (TPSA) is 8.17 Å². The predicted octanol–water partition coefficient (Wildman–Crippen LogP) is 4.40. The van der Waals surface area contributed by atoms with Gasteiger partial charge in [0.15, 0.2) is 0 Å².